The van der Waals surface area contributed by atoms with Crippen molar-refractivity contribution in [3.05, 3.63) is 33.2 Å². The summed E-state index contributed by atoms with van der Waals surface area (Å²) in [6, 6.07) is 2.48. The molecule has 5 heteroatoms. The maximum atomic E-state index is 12.7. The molecule has 1 aliphatic rings. The molecule has 0 aromatic carbocycles. The summed E-state index contributed by atoms with van der Waals surface area (Å²) < 4.78 is 1.54. The van der Waals surface area contributed by atoms with Crippen LogP contribution in [0.1, 0.15) is 47.8 Å². The van der Waals surface area contributed by atoms with Gasteiger partial charge in [-0.1, -0.05) is 6.42 Å². The fraction of sp³-hybridized carbons (Fsp3) is 0.667. The van der Waals surface area contributed by atoms with Crippen LogP contribution in [0.4, 0.5) is 0 Å². The Kier molecular flexibility index (Phi) is 5.63. The molecule has 0 spiro atoms. The molecule has 1 aliphatic heterocycles. The third kappa shape index (κ3) is 3.83. The zero-order valence-electron chi connectivity index (χ0n) is 15.1. The van der Waals surface area contributed by atoms with E-state index in [9.17, 15) is 9.59 Å². The van der Waals surface area contributed by atoms with Crippen molar-refractivity contribution >= 4 is 5.91 Å². The van der Waals surface area contributed by atoms with Gasteiger partial charge in [-0.25, -0.2) is 0 Å². The van der Waals surface area contributed by atoms with Crippen LogP contribution in [-0.4, -0.2) is 53.0 Å². The largest absolute Gasteiger partial charge is 0.340 e. The molecule has 1 aromatic heterocycles. The van der Waals surface area contributed by atoms with E-state index in [0.29, 0.717) is 18.2 Å². The zero-order chi connectivity index (χ0) is 17.1. The molecule has 5 nitrogen and oxygen atoms in total. The number of likely N-dealkylation sites (N-methyl/N-ethyl adjacent to an activating group) is 1. The molecule has 0 unspecified atom stereocenters. The number of piperidine rings is 1. The van der Waals surface area contributed by atoms with Gasteiger partial charge in [-0.3, -0.25) is 14.5 Å². The van der Waals surface area contributed by atoms with Crippen molar-refractivity contribution in [2.24, 2.45) is 7.05 Å². The highest BCUT2D eigenvalue weighted by Crippen LogP contribution is 2.16. The Morgan fingerprint density at radius 1 is 1.35 bits per heavy atom. The summed E-state index contributed by atoms with van der Waals surface area (Å²) in [5.41, 5.74) is 1.72. The fourth-order valence-corrected chi connectivity index (χ4v) is 3.30. The molecule has 0 radical (unpaired) electrons. The molecule has 128 valence electrons. The first-order chi connectivity index (χ1) is 10.8. The average Bonchev–Trinajstić information content (AvgIpc) is 2.51. The predicted molar refractivity (Wildman–Crippen MR) is 93.0 cm³/mol. The van der Waals surface area contributed by atoms with Crippen molar-refractivity contribution in [2.75, 3.05) is 26.7 Å². The SMILES string of the molecule is Cc1cc(C)n(C)c(=O)c1C(=O)N(C)CCN1CCCC[C@H]1C. The third-order valence-corrected chi connectivity index (χ3v) is 5.09. The maximum Gasteiger partial charge on any atom is 0.263 e. The Morgan fingerprint density at radius 2 is 2.04 bits per heavy atom. The molecular weight excluding hydrogens is 290 g/mol. The minimum Gasteiger partial charge on any atom is -0.340 e. The van der Waals surface area contributed by atoms with Crippen molar-refractivity contribution < 1.29 is 4.79 Å². The molecule has 23 heavy (non-hydrogen) atoms. The van der Waals surface area contributed by atoms with Crippen LogP contribution >= 0.6 is 0 Å². The van der Waals surface area contributed by atoms with E-state index in [2.05, 4.69) is 11.8 Å². The van der Waals surface area contributed by atoms with E-state index in [4.69, 9.17) is 0 Å². The standard InChI is InChI=1S/C18H29N3O2/c1-13-12-15(3)20(5)18(23)16(13)17(22)19(4)10-11-21-9-7-6-8-14(21)2/h12,14H,6-11H2,1-5H3/t14-/m1/s1. The number of rotatable bonds is 4. The average molecular weight is 319 g/mol. The molecule has 0 bridgehead atoms. The number of likely N-dealkylation sites (tertiary alicyclic amines) is 1. The van der Waals surface area contributed by atoms with E-state index in [-0.39, 0.29) is 11.5 Å². The van der Waals surface area contributed by atoms with Gasteiger partial charge >= 0.3 is 0 Å². The lowest BCUT2D eigenvalue weighted by molar-refractivity contribution is 0.0749. The van der Waals surface area contributed by atoms with Gasteiger partial charge in [0.15, 0.2) is 0 Å². The second-order valence-electron chi connectivity index (χ2n) is 6.82. The van der Waals surface area contributed by atoms with Gasteiger partial charge in [-0.2, -0.15) is 0 Å². The lowest BCUT2D eigenvalue weighted by atomic mass is 10.0. The quantitative estimate of drug-likeness (QED) is 0.852. The van der Waals surface area contributed by atoms with E-state index in [0.717, 1.165) is 24.3 Å². The van der Waals surface area contributed by atoms with Gasteiger partial charge < -0.3 is 9.47 Å². The normalized spacial score (nSPS) is 18.9. The van der Waals surface area contributed by atoms with Crippen LogP contribution in [0.5, 0.6) is 0 Å². The van der Waals surface area contributed by atoms with Crippen molar-refractivity contribution in [3.8, 4) is 0 Å². The Balaban J connectivity index is 2.08. The first kappa shape index (κ1) is 17.7. The van der Waals surface area contributed by atoms with E-state index in [1.807, 2.05) is 19.9 Å². The summed E-state index contributed by atoms with van der Waals surface area (Å²) in [5, 5.41) is 0. The van der Waals surface area contributed by atoms with Gasteiger partial charge in [0.25, 0.3) is 11.5 Å². The number of nitrogens with zero attached hydrogens (tertiary/aromatic N) is 3. The van der Waals surface area contributed by atoms with Crippen LogP contribution in [0, 0.1) is 13.8 Å². The number of amides is 1. The smallest absolute Gasteiger partial charge is 0.263 e. The molecule has 1 amide bonds. The summed E-state index contributed by atoms with van der Waals surface area (Å²) in [5.74, 6) is -0.173. The number of pyridine rings is 1. The fourth-order valence-electron chi connectivity index (χ4n) is 3.30. The maximum absolute atomic E-state index is 12.7. The van der Waals surface area contributed by atoms with Gasteiger partial charge in [0.2, 0.25) is 0 Å². The Morgan fingerprint density at radius 3 is 2.70 bits per heavy atom. The van der Waals surface area contributed by atoms with Crippen LogP contribution in [0.2, 0.25) is 0 Å². The number of aryl methyl sites for hydroxylation is 2. The first-order valence-corrected chi connectivity index (χ1v) is 8.49. The molecule has 1 fully saturated rings. The van der Waals surface area contributed by atoms with Crippen LogP contribution in [-0.2, 0) is 7.05 Å². The summed E-state index contributed by atoms with van der Waals surface area (Å²) in [7, 11) is 3.50. The van der Waals surface area contributed by atoms with Crippen LogP contribution < -0.4 is 5.56 Å². The lowest BCUT2D eigenvalue weighted by Gasteiger charge is -2.34. The summed E-state index contributed by atoms with van der Waals surface area (Å²) in [6.07, 6.45) is 3.76. The second-order valence-corrected chi connectivity index (χ2v) is 6.82. The summed E-state index contributed by atoms with van der Waals surface area (Å²) >= 11 is 0. The minimum absolute atomic E-state index is 0.173. The molecule has 0 saturated carbocycles. The van der Waals surface area contributed by atoms with Gasteiger partial charge in [-0.15, -0.1) is 0 Å². The minimum atomic E-state index is -0.203. The topological polar surface area (TPSA) is 45.6 Å². The Bertz CT molecular complexity index is 636. The highest BCUT2D eigenvalue weighted by molar-refractivity contribution is 5.95. The number of aromatic nitrogens is 1. The molecule has 1 saturated heterocycles. The third-order valence-electron chi connectivity index (χ3n) is 5.09. The van der Waals surface area contributed by atoms with Crippen LogP contribution in [0.3, 0.4) is 0 Å². The number of hydrogen-bond acceptors (Lipinski definition) is 3. The Labute approximate surface area is 138 Å². The zero-order valence-corrected chi connectivity index (χ0v) is 15.1. The predicted octanol–water partition coefficient (Wildman–Crippen LogP) is 1.95. The lowest BCUT2D eigenvalue weighted by Crippen LogP contribution is -2.44. The van der Waals surface area contributed by atoms with Crippen molar-refractivity contribution in [1.82, 2.24) is 14.4 Å². The van der Waals surface area contributed by atoms with E-state index in [1.54, 1.807) is 23.6 Å². The molecule has 0 N–H and O–H groups in total. The van der Waals surface area contributed by atoms with E-state index >= 15 is 0 Å². The van der Waals surface area contributed by atoms with Crippen LogP contribution in [0.25, 0.3) is 0 Å². The van der Waals surface area contributed by atoms with Crippen LogP contribution in [0.15, 0.2) is 10.9 Å². The first-order valence-electron chi connectivity index (χ1n) is 8.49. The molecule has 2 rings (SSSR count). The number of hydrogen-bond donors (Lipinski definition) is 0. The Hall–Kier alpha value is -1.62. The number of carbonyl (C=O) groups excluding carboxylic acids is 1. The van der Waals surface area contributed by atoms with Gasteiger partial charge in [-0.05, 0) is 51.8 Å². The summed E-state index contributed by atoms with van der Waals surface area (Å²) in [6.45, 7) is 8.59. The highest BCUT2D eigenvalue weighted by atomic mass is 16.2. The van der Waals surface area contributed by atoms with Gasteiger partial charge in [0, 0.05) is 38.9 Å². The monoisotopic (exact) mass is 319 g/mol. The van der Waals surface area contributed by atoms with Crippen molar-refractivity contribution in [2.45, 2.75) is 46.1 Å². The van der Waals surface area contributed by atoms with E-state index in [1.165, 1.54) is 19.3 Å². The van der Waals surface area contributed by atoms with Gasteiger partial charge in [0.05, 0.1) is 0 Å². The molecule has 1 atom stereocenters. The van der Waals surface area contributed by atoms with Crippen molar-refractivity contribution in [3.63, 3.8) is 0 Å². The van der Waals surface area contributed by atoms with E-state index < -0.39 is 0 Å². The molecule has 0 aliphatic carbocycles. The highest BCUT2D eigenvalue weighted by Gasteiger charge is 2.22. The molecule has 1 aromatic rings. The van der Waals surface area contributed by atoms with Gasteiger partial charge in [0.1, 0.15) is 5.56 Å². The number of carbonyl (C=O) groups is 1. The molecule has 2 heterocycles. The second kappa shape index (κ2) is 7.30. The molecular formula is C18H29N3O2. The summed E-state index contributed by atoms with van der Waals surface area (Å²) in [4.78, 5) is 29.2. The van der Waals surface area contributed by atoms with Crippen molar-refractivity contribution in [1.29, 1.82) is 0 Å².